The van der Waals surface area contributed by atoms with Crippen LogP contribution in [0.15, 0.2) is 61.1 Å². The van der Waals surface area contributed by atoms with Gasteiger partial charge in [0.15, 0.2) is 5.82 Å². The molecule has 2 N–H and O–H groups in total. The van der Waals surface area contributed by atoms with Crippen molar-refractivity contribution in [3.05, 3.63) is 78.3 Å². The fraction of sp³-hybridized carbons (Fsp3) is 0.105. The van der Waals surface area contributed by atoms with Gasteiger partial charge in [0.1, 0.15) is 23.6 Å². The summed E-state index contributed by atoms with van der Waals surface area (Å²) in [6.07, 6.45) is 2.44. The predicted molar refractivity (Wildman–Crippen MR) is 96.5 cm³/mol. The van der Waals surface area contributed by atoms with Gasteiger partial charge in [0.2, 0.25) is 0 Å². The molecule has 0 amide bonds. The van der Waals surface area contributed by atoms with Crippen molar-refractivity contribution in [3.63, 3.8) is 0 Å². The molecule has 1 unspecified atom stereocenters. The molecule has 0 aliphatic rings. The van der Waals surface area contributed by atoms with Crippen LogP contribution in [0.1, 0.15) is 17.5 Å². The lowest BCUT2D eigenvalue weighted by molar-refractivity contribution is 0.210. The zero-order valence-electron chi connectivity index (χ0n) is 14.0. The molecule has 0 bridgehead atoms. The van der Waals surface area contributed by atoms with Crippen molar-refractivity contribution in [2.75, 3.05) is 5.32 Å². The lowest BCUT2D eigenvalue weighted by Crippen LogP contribution is -2.08. The summed E-state index contributed by atoms with van der Waals surface area (Å²) < 4.78 is 15.0. The summed E-state index contributed by atoms with van der Waals surface area (Å²) in [5.74, 6) is 1.05. The molecule has 0 saturated carbocycles. The van der Waals surface area contributed by atoms with E-state index in [-0.39, 0.29) is 11.6 Å². The van der Waals surface area contributed by atoms with E-state index in [0.29, 0.717) is 22.7 Å². The van der Waals surface area contributed by atoms with E-state index >= 15 is 0 Å². The van der Waals surface area contributed by atoms with E-state index in [1.54, 1.807) is 6.33 Å². The number of nitrogens with one attached hydrogen (secondary N) is 1. The number of halogens is 1. The van der Waals surface area contributed by atoms with Crippen LogP contribution in [-0.2, 0) is 7.05 Å². The summed E-state index contributed by atoms with van der Waals surface area (Å²) in [6.45, 7) is 0. The lowest BCUT2D eigenvalue weighted by atomic mass is 10.1. The molecular weight excluding hydrogens is 333 g/mol. The number of hydrogen-bond acceptors (Lipinski definition) is 5. The topological polar surface area (TPSA) is 75.9 Å². The Hall–Kier alpha value is -3.32. The predicted octanol–water partition coefficient (Wildman–Crippen LogP) is 3.33. The van der Waals surface area contributed by atoms with Gasteiger partial charge in [-0.15, -0.1) is 0 Å². The molecule has 26 heavy (non-hydrogen) atoms. The molecule has 0 radical (unpaired) electrons. The molecule has 4 rings (SSSR count). The summed E-state index contributed by atoms with van der Waals surface area (Å²) in [6, 6.07) is 13.1. The smallest absolute Gasteiger partial charge is 0.164 e. The first-order valence-electron chi connectivity index (χ1n) is 8.05. The number of aliphatic hydroxyl groups is 1. The zero-order chi connectivity index (χ0) is 18.1. The van der Waals surface area contributed by atoms with Crippen LogP contribution in [0.25, 0.3) is 10.9 Å². The average Bonchev–Trinajstić information content (AvgIpc) is 3.06. The van der Waals surface area contributed by atoms with Crippen molar-refractivity contribution in [2.45, 2.75) is 6.10 Å². The minimum absolute atomic E-state index is 0.230. The van der Waals surface area contributed by atoms with Gasteiger partial charge in [0, 0.05) is 18.6 Å². The molecular formula is C19H16FN5O. The number of anilines is 2. The van der Waals surface area contributed by atoms with Gasteiger partial charge in [-0.25, -0.2) is 19.3 Å². The number of aromatic nitrogens is 4. The second-order valence-corrected chi connectivity index (χ2v) is 5.95. The fourth-order valence-electron chi connectivity index (χ4n) is 2.70. The van der Waals surface area contributed by atoms with E-state index in [2.05, 4.69) is 20.3 Å². The number of para-hydroxylation sites is 1. The quantitative estimate of drug-likeness (QED) is 0.591. The normalized spacial score (nSPS) is 12.3. The Labute approximate surface area is 149 Å². The zero-order valence-corrected chi connectivity index (χ0v) is 14.0. The average molecular weight is 349 g/mol. The Bertz CT molecular complexity index is 1060. The first kappa shape index (κ1) is 16.2. The van der Waals surface area contributed by atoms with Crippen LogP contribution >= 0.6 is 0 Å². The van der Waals surface area contributed by atoms with Crippen molar-refractivity contribution >= 4 is 22.5 Å². The molecule has 7 heteroatoms. The maximum atomic E-state index is 13.1. The van der Waals surface area contributed by atoms with E-state index in [0.717, 1.165) is 5.39 Å². The van der Waals surface area contributed by atoms with Crippen molar-refractivity contribution in [1.29, 1.82) is 0 Å². The molecule has 6 nitrogen and oxygen atoms in total. The lowest BCUT2D eigenvalue weighted by Gasteiger charge is -2.13. The van der Waals surface area contributed by atoms with Crippen molar-refractivity contribution in [1.82, 2.24) is 19.5 Å². The highest BCUT2D eigenvalue weighted by Gasteiger charge is 2.17. The highest BCUT2D eigenvalue weighted by Crippen LogP contribution is 2.27. The van der Waals surface area contributed by atoms with E-state index in [1.165, 1.54) is 24.3 Å². The van der Waals surface area contributed by atoms with Crippen LogP contribution in [0, 0.1) is 5.82 Å². The van der Waals surface area contributed by atoms with Gasteiger partial charge in [-0.05, 0) is 29.8 Å². The highest BCUT2D eigenvalue weighted by atomic mass is 19.1. The summed E-state index contributed by atoms with van der Waals surface area (Å²) in [4.78, 5) is 13.2. The minimum Gasteiger partial charge on any atom is -0.380 e. The number of imidazole rings is 1. The number of fused-ring (bicyclic) bond motifs is 1. The number of benzene rings is 2. The first-order chi connectivity index (χ1) is 12.6. The number of aliphatic hydroxyl groups excluding tert-OH is 1. The second-order valence-electron chi connectivity index (χ2n) is 5.95. The van der Waals surface area contributed by atoms with Crippen molar-refractivity contribution in [2.24, 2.45) is 7.05 Å². The fourth-order valence-corrected chi connectivity index (χ4v) is 2.70. The van der Waals surface area contributed by atoms with E-state index in [4.69, 9.17) is 0 Å². The number of aryl methyl sites for hydroxylation is 1. The Morgan fingerprint density at radius 2 is 1.85 bits per heavy atom. The molecule has 4 aromatic rings. The molecule has 0 saturated heterocycles. The van der Waals surface area contributed by atoms with Gasteiger partial charge in [0.25, 0.3) is 0 Å². The van der Waals surface area contributed by atoms with Crippen molar-refractivity contribution < 1.29 is 9.50 Å². The number of hydrogen-bond donors (Lipinski definition) is 2. The third-order valence-electron chi connectivity index (χ3n) is 4.00. The van der Waals surface area contributed by atoms with Gasteiger partial charge in [-0.2, -0.15) is 0 Å². The monoisotopic (exact) mass is 349 g/mol. The Morgan fingerprint density at radius 3 is 2.58 bits per heavy atom. The number of nitrogens with zero attached hydrogens (tertiary/aromatic N) is 4. The van der Waals surface area contributed by atoms with Crippen LogP contribution in [0.2, 0.25) is 0 Å². The van der Waals surface area contributed by atoms with Gasteiger partial charge in [-0.1, -0.05) is 24.3 Å². The second kappa shape index (κ2) is 6.53. The minimum atomic E-state index is -1.07. The third kappa shape index (κ3) is 3.12. The van der Waals surface area contributed by atoms with E-state index < -0.39 is 6.10 Å². The largest absolute Gasteiger partial charge is 0.380 e. The summed E-state index contributed by atoms with van der Waals surface area (Å²) >= 11 is 0. The van der Waals surface area contributed by atoms with Crippen LogP contribution in [-0.4, -0.2) is 24.6 Å². The van der Waals surface area contributed by atoms with Crippen LogP contribution in [0.3, 0.4) is 0 Å². The van der Waals surface area contributed by atoms with Crippen molar-refractivity contribution in [3.8, 4) is 0 Å². The Balaban J connectivity index is 1.79. The molecule has 2 aromatic heterocycles. The molecule has 0 aliphatic heterocycles. The summed E-state index contributed by atoms with van der Waals surface area (Å²) in [7, 11) is 1.87. The van der Waals surface area contributed by atoms with E-state index in [9.17, 15) is 9.50 Å². The summed E-state index contributed by atoms with van der Waals surface area (Å²) in [5, 5.41) is 14.6. The molecule has 2 aromatic carbocycles. The molecule has 0 aliphatic carbocycles. The van der Waals surface area contributed by atoms with Gasteiger partial charge >= 0.3 is 0 Å². The van der Waals surface area contributed by atoms with Gasteiger partial charge < -0.3 is 15.0 Å². The van der Waals surface area contributed by atoms with Gasteiger partial charge in [0.05, 0.1) is 11.8 Å². The molecule has 130 valence electrons. The summed E-state index contributed by atoms with van der Waals surface area (Å²) in [5.41, 5.74) is 1.21. The third-order valence-corrected chi connectivity index (χ3v) is 4.00. The SMILES string of the molecule is Cn1cnc(Nc2nc(C(O)c3ccc(F)cc3)nc3ccccc23)c1. The molecule has 2 heterocycles. The van der Waals surface area contributed by atoms with Gasteiger partial charge in [-0.3, -0.25) is 0 Å². The van der Waals surface area contributed by atoms with Crippen LogP contribution < -0.4 is 5.32 Å². The van der Waals surface area contributed by atoms with E-state index in [1.807, 2.05) is 42.1 Å². The first-order valence-corrected chi connectivity index (χ1v) is 8.05. The maximum Gasteiger partial charge on any atom is 0.164 e. The number of rotatable bonds is 4. The van der Waals surface area contributed by atoms with Crippen LogP contribution in [0.4, 0.5) is 16.0 Å². The molecule has 0 spiro atoms. The Kier molecular flexibility index (Phi) is 4.06. The molecule has 0 fully saturated rings. The van der Waals surface area contributed by atoms with Crippen LogP contribution in [0.5, 0.6) is 0 Å². The standard InChI is InChI=1S/C19H16FN5O/c1-25-10-16(21-11-25)23-18-14-4-2-3-5-15(14)22-19(24-18)17(26)12-6-8-13(20)9-7-12/h2-11,17,26H,1H3,(H,22,23,24). The molecule has 1 atom stereocenters. The Morgan fingerprint density at radius 1 is 1.08 bits per heavy atom. The highest BCUT2D eigenvalue weighted by molar-refractivity contribution is 5.90. The maximum absolute atomic E-state index is 13.1.